The van der Waals surface area contributed by atoms with Crippen molar-refractivity contribution in [2.75, 3.05) is 23.9 Å². The molecule has 3 aromatic rings. The molecule has 1 aromatic heterocycles. The van der Waals surface area contributed by atoms with E-state index in [0.29, 0.717) is 11.5 Å². The standard InChI is InChI=1S/C20H20N4O2/c1-3-24(16-7-5-4-6-8-16)19-14-13-18(22-23-19)20(25)21-15-9-11-17(26-2)12-10-15/h4-14H,3H2,1-2H3,(H,21,25). The second-order valence-electron chi connectivity index (χ2n) is 5.54. The van der Waals surface area contributed by atoms with Crippen molar-refractivity contribution in [2.24, 2.45) is 0 Å². The Kier molecular flexibility index (Phi) is 5.43. The minimum absolute atomic E-state index is 0.258. The van der Waals surface area contributed by atoms with E-state index in [1.807, 2.05) is 42.2 Å². The first-order valence-corrected chi connectivity index (χ1v) is 8.33. The van der Waals surface area contributed by atoms with Crippen LogP contribution in [0.1, 0.15) is 17.4 Å². The molecule has 6 heteroatoms. The second kappa shape index (κ2) is 8.11. The molecule has 0 saturated carbocycles. The number of hydrogen-bond donors (Lipinski definition) is 1. The Morgan fingerprint density at radius 3 is 2.31 bits per heavy atom. The summed E-state index contributed by atoms with van der Waals surface area (Å²) in [5.41, 5.74) is 1.95. The summed E-state index contributed by atoms with van der Waals surface area (Å²) in [6.07, 6.45) is 0. The van der Waals surface area contributed by atoms with Gasteiger partial charge in [0.25, 0.3) is 5.91 Å². The molecule has 0 fully saturated rings. The summed E-state index contributed by atoms with van der Waals surface area (Å²) in [5, 5.41) is 11.1. The van der Waals surface area contributed by atoms with Crippen LogP contribution in [0.4, 0.5) is 17.2 Å². The third-order valence-electron chi connectivity index (χ3n) is 3.89. The monoisotopic (exact) mass is 348 g/mol. The molecule has 2 aromatic carbocycles. The number of nitrogens with zero attached hydrogens (tertiary/aromatic N) is 3. The number of amides is 1. The molecule has 0 aliphatic rings. The zero-order chi connectivity index (χ0) is 18.4. The molecule has 1 N–H and O–H groups in total. The Bertz CT molecular complexity index is 849. The first-order valence-electron chi connectivity index (χ1n) is 8.33. The predicted molar refractivity (Wildman–Crippen MR) is 102 cm³/mol. The molecule has 0 aliphatic heterocycles. The van der Waals surface area contributed by atoms with Crippen LogP contribution >= 0.6 is 0 Å². The summed E-state index contributed by atoms with van der Waals surface area (Å²) < 4.78 is 5.10. The van der Waals surface area contributed by atoms with Crippen LogP contribution in [0.25, 0.3) is 0 Å². The van der Waals surface area contributed by atoms with Crippen molar-refractivity contribution in [1.82, 2.24) is 10.2 Å². The maximum absolute atomic E-state index is 12.3. The zero-order valence-corrected chi connectivity index (χ0v) is 14.7. The van der Waals surface area contributed by atoms with E-state index < -0.39 is 0 Å². The molecule has 3 rings (SSSR count). The predicted octanol–water partition coefficient (Wildman–Crippen LogP) is 3.90. The molecule has 1 heterocycles. The lowest BCUT2D eigenvalue weighted by Gasteiger charge is -2.21. The lowest BCUT2D eigenvalue weighted by Crippen LogP contribution is -2.19. The third-order valence-corrected chi connectivity index (χ3v) is 3.89. The van der Waals surface area contributed by atoms with Gasteiger partial charge >= 0.3 is 0 Å². The van der Waals surface area contributed by atoms with Crippen molar-refractivity contribution in [3.05, 3.63) is 72.4 Å². The van der Waals surface area contributed by atoms with Crippen LogP contribution in [0.15, 0.2) is 66.7 Å². The summed E-state index contributed by atoms with van der Waals surface area (Å²) in [6, 6.07) is 20.5. The van der Waals surface area contributed by atoms with Gasteiger partial charge in [-0.1, -0.05) is 18.2 Å². The summed E-state index contributed by atoms with van der Waals surface area (Å²) in [7, 11) is 1.60. The fourth-order valence-electron chi connectivity index (χ4n) is 2.54. The molecule has 0 unspecified atom stereocenters. The first-order chi connectivity index (χ1) is 12.7. The van der Waals surface area contributed by atoms with Crippen LogP contribution in [-0.2, 0) is 0 Å². The van der Waals surface area contributed by atoms with Gasteiger partial charge in [0.1, 0.15) is 5.75 Å². The van der Waals surface area contributed by atoms with E-state index in [4.69, 9.17) is 4.74 Å². The van der Waals surface area contributed by atoms with E-state index in [2.05, 4.69) is 15.5 Å². The number of anilines is 3. The lowest BCUT2D eigenvalue weighted by molar-refractivity contribution is 0.102. The van der Waals surface area contributed by atoms with Crippen LogP contribution in [0.5, 0.6) is 5.75 Å². The fourth-order valence-corrected chi connectivity index (χ4v) is 2.54. The molecule has 132 valence electrons. The summed E-state index contributed by atoms with van der Waals surface area (Å²) in [4.78, 5) is 14.4. The van der Waals surface area contributed by atoms with Gasteiger partial charge in [-0.2, -0.15) is 0 Å². The number of hydrogen-bond acceptors (Lipinski definition) is 5. The van der Waals surface area contributed by atoms with Gasteiger partial charge in [0.05, 0.1) is 7.11 Å². The zero-order valence-electron chi connectivity index (χ0n) is 14.7. The average Bonchev–Trinajstić information content (AvgIpc) is 2.70. The Hall–Kier alpha value is -3.41. The van der Waals surface area contributed by atoms with Gasteiger partial charge < -0.3 is 15.0 Å². The highest BCUT2D eigenvalue weighted by Gasteiger charge is 2.12. The molecular weight excluding hydrogens is 328 g/mol. The van der Waals surface area contributed by atoms with Crippen LogP contribution < -0.4 is 15.0 Å². The van der Waals surface area contributed by atoms with Gasteiger partial charge in [-0.25, -0.2) is 0 Å². The SMILES string of the molecule is CCN(c1ccccc1)c1ccc(C(=O)Nc2ccc(OC)cc2)nn1. The van der Waals surface area contributed by atoms with Gasteiger partial charge in [0, 0.05) is 17.9 Å². The minimum atomic E-state index is -0.308. The van der Waals surface area contributed by atoms with Gasteiger partial charge in [0.2, 0.25) is 0 Å². The molecule has 0 aliphatic carbocycles. The van der Waals surface area contributed by atoms with Crippen molar-refractivity contribution in [3.63, 3.8) is 0 Å². The second-order valence-corrected chi connectivity index (χ2v) is 5.54. The maximum atomic E-state index is 12.3. The number of para-hydroxylation sites is 1. The Morgan fingerprint density at radius 2 is 1.73 bits per heavy atom. The number of aromatic nitrogens is 2. The fraction of sp³-hybridized carbons (Fsp3) is 0.150. The number of carbonyl (C=O) groups excluding carboxylic acids is 1. The molecule has 0 radical (unpaired) electrons. The summed E-state index contributed by atoms with van der Waals surface area (Å²) >= 11 is 0. The Labute approximate surface area is 152 Å². The lowest BCUT2D eigenvalue weighted by atomic mass is 10.2. The van der Waals surface area contributed by atoms with E-state index in [9.17, 15) is 4.79 Å². The van der Waals surface area contributed by atoms with Crippen LogP contribution in [0, 0.1) is 0 Å². The van der Waals surface area contributed by atoms with E-state index in [0.717, 1.165) is 18.0 Å². The van der Waals surface area contributed by atoms with Gasteiger partial charge in [-0.3, -0.25) is 4.79 Å². The highest BCUT2D eigenvalue weighted by molar-refractivity contribution is 6.02. The van der Waals surface area contributed by atoms with Crippen molar-refractivity contribution in [2.45, 2.75) is 6.92 Å². The molecule has 0 bridgehead atoms. The third kappa shape index (κ3) is 3.97. The number of rotatable bonds is 6. The largest absolute Gasteiger partial charge is 0.497 e. The van der Waals surface area contributed by atoms with Crippen molar-refractivity contribution in [3.8, 4) is 5.75 Å². The van der Waals surface area contributed by atoms with Crippen molar-refractivity contribution >= 4 is 23.1 Å². The van der Waals surface area contributed by atoms with Crippen molar-refractivity contribution in [1.29, 1.82) is 0 Å². The first kappa shape index (κ1) is 17.4. The Morgan fingerprint density at radius 1 is 1.00 bits per heavy atom. The highest BCUT2D eigenvalue weighted by Crippen LogP contribution is 2.22. The number of carbonyl (C=O) groups is 1. The summed E-state index contributed by atoms with van der Waals surface area (Å²) in [5.74, 6) is 1.12. The molecule has 1 amide bonds. The van der Waals surface area contributed by atoms with Crippen molar-refractivity contribution < 1.29 is 9.53 Å². The number of benzene rings is 2. The smallest absolute Gasteiger partial charge is 0.276 e. The van der Waals surface area contributed by atoms with E-state index in [1.165, 1.54) is 0 Å². The quantitative estimate of drug-likeness (QED) is 0.732. The molecule has 0 spiro atoms. The van der Waals surface area contributed by atoms with Gasteiger partial charge in [-0.05, 0) is 55.5 Å². The van der Waals surface area contributed by atoms with Crippen LogP contribution in [-0.4, -0.2) is 29.8 Å². The molecular formula is C20H20N4O2. The molecule has 6 nitrogen and oxygen atoms in total. The van der Waals surface area contributed by atoms with Crippen LogP contribution in [0.3, 0.4) is 0 Å². The Balaban J connectivity index is 1.72. The van der Waals surface area contributed by atoms with E-state index in [1.54, 1.807) is 43.5 Å². The van der Waals surface area contributed by atoms with E-state index >= 15 is 0 Å². The van der Waals surface area contributed by atoms with Crippen LogP contribution in [0.2, 0.25) is 0 Å². The summed E-state index contributed by atoms with van der Waals surface area (Å²) in [6.45, 7) is 2.79. The van der Waals surface area contributed by atoms with E-state index in [-0.39, 0.29) is 11.6 Å². The maximum Gasteiger partial charge on any atom is 0.276 e. The average molecular weight is 348 g/mol. The normalized spacial score (nSPS) is 10.2. The molecule has 0 saturated heterocycles. The topological polar surface area (TPSA) is 67.4 Å². The highest BCUT2D eigenvalue weighted by atomic mass is 16.5. The number of methoxy groups -OCH3 is 1. The number of ether oxygens (including phenoxy) is 1. The van der Waals surface area contributed by atoms with Gasteiger partial charge in [-0.15, -0.1) is 10.2 Å². The number of nitrogens with one attached hydrogen (secondary N) is 1. The molecule has 0 atom stereocenters. The van der Waals surface area contributed by atoms with Gasteiger partial charge in [0.15, 0.2) is 11.5 Å². The molecule has 26 heavy (non-hydrogen) atoms. The minimum Gasteiger partial charge on any atom is -0.497 e.